The molecule has 7 nitrogen and oxygen atoms in total. The van der Waals surface area contributed by atoms with E-state index in [2.05, 4.69) is 53.8 Å². The van der Waals surface area contributed by atoms with E-state index >= 15 is 0 Å². The number of nitrogens with zero attached hydrogens (tertiary/aromatic N) is 1. The summed E-state index contributed by atoms with van der Waals surface area (Å²) in [5.74, 6) is 7.97. The fourth-order valence-electron chi connectivity index (χ4n) is 6.43. The van der Waals surface area contributed by atoms with Crippen molar-refractivity contribution in [2.75, 3.05) is 32.6 Å². The summed E-state index contributed by atoms with van der Waals surface area (Å²) in [4.78, 5) is 0. The number of aliphatic hydroxyl groups excluding tert-OH is 1. The van der Waals surface area contributed by atoms with Gasteiger partial charge in [-0.2, -0.15) is 0 Å². The molecule has 0 spiro atoms. The molecule has 2 aliphatic rings. The number of benzene rings is 3. The fourth-order valence-corrected chi connectivity index (χ4v) is 8.01. The maximum absolute atomic E-state index is 12.7. The van der Waals surface area contributed by atoms with E-state index in [-0.39, 0.29) is 36.2 Å². The maximum atomic E-state index is 12.7. The molecule has 3 aromatic carbocycles. The number of nitrogens with two attached hydrogens (primary N) is 1. The van der Waals surface area contributed by atoms with Gasteiger partial charge in [0, 0.05) is 31.7 Å². The summed E-state index contributed by atoms with van der Waals surface area (Å²) in [5, 5.41) is 14.3. The second-order valence-corrected chi connectivity index (χ2v) is 12.6. The average Bonchev–Trinajstić information content (AvgIpc) is 3.43. The van der Waals surface area contributed by atoms with Gasteiger partial charge in [0.15, 0.2) is 9.84 Å². The van der Waals surface area contributed by atoms with Crippen molar-refractivity contribution >= 4 is 9.84 Å². The number of ether oxygens (including phenoxy) is 1. The molecule has 3 aromatic rings. The zero-order valence-electron chi connectivity index (χ0n) is 21.7. The van der Waals surface area contributed by atoms with Crippen LogP contribution in [-0.4, -0.2) is 57.1 Å². The minimum absolute atomic E-state index is 0.0296. The van der Waals surface area contributed by atoms with Crippen LogP contribution in [0.15, 0.2) is 78.9 Å². The van der Waals surface area contributed by atoms with Crippen LogP contribution < -0.4 is 15.9 Å². The monoisotopic (exact) mass is 535 g/mol. The lowest BCUT2D eigenvalue weighted by Crippen LogP contribution is -2.43. The van der Waals surface area contributed by atoms with Crippen LogP contribution in [0.1, 0.15) is 40.0 Å². The van der Waals surface area contributed by atoms with Crippen molar-refractivity contribution in [3.63, 3.8) is 0 Å². The summed E-state index contributed by atoms with van der Waals surface area (Å²) < 4.78 is 31.1. The minimum atomic E-state index is -3.24. The Morgan fingerprint density at radius 1 is 1.05 bits per heavy atom. The first-order chi connectivity index (χ1) is 18.4. The molecule has 2 aliphatic heterocycles. The molecule has 4 atom stereocenters. The van der Waals surface area contributed by atoms with Gasteiger partial charge in [0.1, 0.15) is 11.1 Å². The van der Waals surface area contributed by atoms with E-state index in [1.54, 1.807) is 7.11 Å². The normalized spacial score (nSPS) is 25.2. The molecule has 0 amide bonds. The second kappa shape index (κ2) is 11.6. The van der Waals surface area contributed by atoms with Gasteiger partial charge in [-0.25, -0.2) is 13.4 Å². The molecule has 0 aliphatic carbocycles. The molecule has 0 aromatic heterocycles. The molecular weight excluding hydrogens is 498 g/mol. The summed E-state index contributed by atoms with van der Waals surface area (Å²) in [6, 6.07) is 26.5. The van der Waals surface area contributed by atoms with Crippen molar-refractivity contribution in [1.82, 2.24) is 10.3 Å². The molecule has 0 bridgehead atoms. The minimum Gasteiger partial charge on any atom is -0.496 e. The third-order valence-corrected chi connectivity index (χ3v) is 10.1. The van der Waals surface area contributed by atoms with Gasteiger partial charge in [-0.05, 0) is 59.1 Å². The number of hydrazine groups is 1. The molecule has 0 radical (unpaired) electrons. The topological polar surface area (TPSA) is 105 Å². The lowest BCUT2D eigenvalue weighted by Gasteiger charge is -2.35. The van der Waals surface area contributed by atoms with Gasteiger partial charge in [-0.1, -0.05) is 66.7 Å². The molecule has 8 heteroatoms. The smallest absolute Gasteiger partial charge is 0.171 e. The predicted octanol–water partition coefficient (Wildman–Crippen LogP) is 3.26. The Labute approximate surface area is 225 Å². The van der Waals surface area contributed by atoms with Crippen LogP contribution >= 0.6 is 0 Å². The highest BCUT2D eigenvalue weighted by atomic mass is 32.2. The van der Waals surface area contributed by atoms with E-state index in [0.29, 0.717) is 25.9 Å². The van der Waals surface area contributed by atoms with Crippen LogP contribution in [0, 0.1) is 11.8 Å². The maximum Gasteiger partial charge on any atom is 0.171 e. The number of nitrogens with one attached hydrogen (secondary N) is 1. The molecule has 2 saturated heterocycles. The number of methoxy groups -OCH3 is 1. The van der Waals surface area contributed by atoms with Crippen LogP contribution in [-0.2, 0) is 16.3 Å². The Balaban J connectivity index is 1.57. The van der Waals surface area contributed by atoms with Crippen LogP contribution in [0.5, 0.6) is 5.75 Å². The largest absolute Gasteiger partial charge is 0.496 e. The summed E-state index contributed by atoms with van der Waals surface area (Å²) in [6.45, 7) is 1.21. The highest BCUT2D eigenvalue weighted by Gasteiger charge is 2.45. The molecule has 4 N–H and O–H groups in total. The van der Waals surface area contributed by atoms with Gasteiger partial charge in [0.05, 0.1) is 12.9 Å². The highest BCUT2D eigenvalue weighted by molar-refractivity contribution is 7.91. The van der Waals surface area contributed by atoms with Crippen molar-refractivity contribution in [1.29, 1.82) is 0 Å². The van der Waals surface area contributed by atoms with Gasteiger partial charge in [-0.15, -0.1) is 0 Å². The molecule has 2 heterocycles. The SMILES string of the molecule is COc1ccc(C2NCCS2(=O)=O)cc1C[C@H]1[C@H](CCO)CN(N)[C@@H]1C(c1ccccc1)c1ccccc1. The first kappa shape index (κ1) is 26.8. The first-order valence-corrected chi connectivity index (χ1v) is 15.0. The van der Waals surface area contributed by atoms with Crippen molar-refractivity contribution in [3.05, 3.63) is 101 Å². The Bertz CT molecular complexity index is 1280. The Morgan fingerprint density at radius 3 is 2.26 bits per heavy atom. The van der Waals surface area contributed by atoms with Crippen LogP contribution in [0.4, 0.5) is 0 Å². The van der Waals surface area contributed by atoms with Crippen LogP contribution in [0.25, 0.3) is 0 Å². The number of sulfone groups is 1. The number of hydrogen-bond donors (Lipinski definition) is 3. The standard InChI is InChI=1S/C30H37N3O4S/c1-37-27-13-12-23(30-32-15-17-38(30,35)36)18-25(27)19-26-24(14-16-34)20-33(31)29(26)28(21-8-4-2-5-9-21)22-10-6-3-7-11-22/h2-13,18,24,26,28-30,32,34H,14-17,19-20,31H2,1H3/t24-,26+,29+,30?/m1/s1. The Hall–Kier alpha value is -2.75. The lowest BCUT2D eigenvalue weighted by molar-refractivity contribution is 0.206. The number of rotatable bonds is 9. The van der Waals surface area contributed by atoms with E-state index in [9.17, 15) is 13.5 Å². The average molecular weight is 536 g/mol. The quantitative estimate of drug-likeness (QED) is 0.361. The van der Waals surface area contributed by atoms with Crippen LogP contribution in [0.3, 0.4) is 0 Å². The van der Waals surface area contributed by atoms with E-state index in [4.69, 9.17) is 10.6 Å². The summed E-state index contributed by atoms with van der Waals surface area (Å²) in [6.07, 6.45) is 1.30. The van der Waals surface area contributed by atoms with Gasteiger partial charge >= 0.3 is 0 Å². The summed E-state index contributed by atoms with van der Waals surface area (Å²) >= 11 is 0. The Kier molecular flexibility index (Phi) is 8.16. The lowest BCUT2D eigenvalue weighted by atomic mass is 9.74. The number of hydrogen-bond acceptors (Lipinski definition) is 7. The molecule has 202 valence electrons. The zero-order valence-corrected chi connectivity index (χ0v) is 22.6. The molecule has 1 unspecified atom stereocenters. The van der Waals surface area contributed by atoms with Gasteiger partial charge < -0.3 is 9.84 Å². The van der Waals surface area contributed by atoms with Crippen molar-refractivity contribution in [2.24, 2.45) is 17.7 Å². The highest BCUT2D eigenvalue weighted by Crippen LogP contribution is 2.44. The molecule has 2 fully saturated rings. The third-order valence-electron chi connectivity index (χ3n) is 8.17. The number of aliphatic hydroxyl groups is 1. The van der Waals surface area contributed by atoms with E-state index in [0.717, 1.165) is 16.9 Å². The molecular formula is C30H37N3O4S. The van der Waals surface area contributed by atoms with Crippen molar-refractivity contribution in [2.45, 2.75) is 30.2 Å². The van der Waals surface area contributed by atoms with E-state index in [1.807, 2.05) is 35.3 Å². The van der Waals surface area contributed by atoms with E-state index in [1.165, 1.54) is 11.1 Å². The Morgan fingerprint density at radius 2 is 1.71 bits per heavy atom. The van der Waals surface area contributed by atoms with E-state index < -0.39 is 15.2 Å². The summed E-state index contributed by atoms with van der Waals surface area (Å²) in [7, 11) is -1.60. The second-order valence-electron chi connectivity index (χ2n) is 10.4. The third kappa shape index (κ3) is 5.37. The zero-order chi connectivity index (χ0) is 26.7. The van der Waals surface area contributed by atoms with Crippen LogP contribution in [0.2, 0.25) is 0 Å². The fraction of sp³-hybridized carbons (Fsp3) is 0.400. The van der Waals surface area contributed by atoms with Gasteiger partial charge in [0.25, 0.3) is 0 Å². The first-order valence-electron chi connectivity index (χ1n) is 13.3. The molecule has 38 heavy (non-hydrogen) atoms. The van der Waals surface area contributed by atoms with Crippen molar-refractivity contribution in [3.8, 4) is 5.75 Å². The summed E-state index contributed by atoms with van der Waals surface area (Å²) in [5.41, 5.74) is 4.08. The van der Waals surface area contributed by atoms with Gasteiger partial charge in [0.2, 0.25) is 0 Å². The van der Waals surface area contributed by atoms with Crippen molar-refractivity contribution < 1.29 is 18.3 Å². The predicted molar refractivity (Wildman–Crippen MR) is 149 cm³/mol. The molecule has 0 saturated carbocycles. The van der Waals surface area contributed by atoms with Gasteiger partial charge in [-0.3, -0.25) is 11.2 Å². The molecule has 5 rings (SSSR count).